The molecule has 4 nitrogen and oxygen atoms in total. The van der Waals surface area contributed by atoms with Crippen LogP contribution in [0.2, 0.25) is 0 Å². The lowest BCUT2D eigenvalue weighted by Crippen LogP contribution is -2.50. The minimum absolute atomic E-state index is 0.0366. The topological polar surface area (TPSA) is 47.7 Å². The number of ether oxygens (including phenoxy) is 2. The van der Waals surface area contributed by atoms with Gasteiger partial charge in [0.05, 0.1) is 19.8 Å². The zero-order chi connectivity index (χ0) is 14.5. The summed E-state index contributed by atoms with van der Waals surface area (Å²) in [7, 11) is 1.69. The van der Waals surface area contributed by atoms with Crippen molar-refractivity contribution in [3.63, 3.8) is 0 Å². The third-order valence-electron chi connectivity index (χ3n) is 4.02. The van der Waals surface area contributed by atoms with E-state index in [1.54, 1.807) is 7.11 Å². The summed E-state index contributed by atoms with van der Waals surface area (Å²) in [5.41, 5.74) is 7.48. The molecule has 0 radical (unpaired) electrons. The summed E-state index contributed by atoms with van der Waals surface area (Å²) in [6.07, 6.45) is 1.37. The fourth-order valence-corrected chi connectivity index (χ4v) is 2.84. The number of methoxy groups -OCH3 is 1. The summed E-state index contributed by atoms with van der Waals surface area (Å²) < 4.78 is 11.1. The number of hydrogen-bond acceptors (Lipinski definition) is 4. The second-order valence-electron chi connectivity index (χ2n) is 5.51. The number of rotatable bonds is 5. The van der Waals surface area contributed by atoms with E-state index in [0.29, 0.717) is 6.04 Å². The number of benzene rings is 1. The van der Waals surface area contributed by atoms with E-state index in [2.05, 4.69) is 18.7 Å². The van der Waals surface area contributed by atoms with Gasteiger partial charge in [0.2, 0.25) is 0 Å². The molecule has 2 rings (SSSR count). The quantitative estimate of drug-likeness (QED) is 0.897. The van der Waals surface area contributed by atoms with Crippen LogP contribution in [0.1, 0.15) is 31.9 Å². The Balaban J connectivity index is 2.07. The van der Waals surface area contributed by atoms with E-state index in [0.717, 1.165) is 37.4 Å². The average molecular weight is 278 g/mol. The Bertz CT molecular complexity index is 425. The van der Waals surface area contributed by atoms with Gasteiger partial charge in [-0.25, -0.2) is 0 Å². The lowest BCUT2D eigenvalue weighted by atomic mass is 10.0. The molecule has 1 aromatic carbocycles. The molecule has 0 spiro atoms. The first kappa shape index (κ1) is 15.3. The van der Waals surface area contributed by atoms with Gasteiger partial charge < -0.3 is 15.2 Å². The van der Waals surface area contributed by atoms with Crippen molar-refractivity contribution >= 4 is 0 Å². The van der Waals surface area contributed by atoms with Crippen molar-refractivity contribution in [1.82, 2.24) is 4.90 Å². The Kier molecular flexibility index (Phi) is 5.40. The van der Waals surface area contributed by atoms with E-state index in [1.165, 1.54) is 0 Å². The van der Waals surface area contributed by atoms with Crippen molar-refractivity contribution in [3.05, 3.63) is 29.8 Å². The van der Waals surface area contributed by atoms with Gasteiger partial charge in [-0.05, 0) is 19.4 Å². The van der Waals surface area contributed by atoms with E-state index in [4.69, 9.17) is 15.2 Å². The first-order chi connectivity index (χ1) is 9.65. The van der Waals surface area contributed by atoms with Gasteiger partial charge in [-0.2, -0.15) is 0 Å². The third-order valence-corrected chi connectivity index (χ3v) is 4.02. The molecule has 2 N–H and O–H groups in total. The molecule has 0 aliphatic carbocycles. The maximum Gasteiger partial charge on any atom is 0.123 e. The molecular formula is C16H26N2O2. The molecule has 3 unspecified atom stereocenters. The highest BCUT2D eigenvalue weighted by Gasteiger charge is 2.27. The van der Waals surface area contributed by atoms with E-state index in [9.17, 15) is 0 Å². The third kappa shape index (κ3) is 3.51. The molecule has 1 aromatic rings. The lowest BCUT2D eigenvalue weighted by molar-refractivity contribution is -0.0575. The van der Waals surface area contributed by atoms with Crippen LogP contribution >= 0.6 is 0 Å². The van der Waals surface area contributed by atoms with Gasteiger partial charge in [-0.15, -0.1) is 0 Å². The lowest BCUT2D eigenvalue weighted by Gasteiger charge is -2.39. The number of nitrogens with zero attached hydrogens (tertiary/aromatic N) is 1. The predicted octanol–water partition coefficient (Wildman–Crippen LogP) is 2.19. The van der Waals surface area contributed by atoms with Crippen LogP contribution in [0.3, 0.4) is 0 Å². The van der Waals surface area contributed by atoms with Crippen molar-refractivity contribution in [2.75, 3.05) is 26.8 Å². The molecule has 0 saturated carbocycles. The van der Waals surface area contributed by atoms with Crippen molar-refractivity contribution in [2.24, 2.45) is 5.73 Å². The highest BCUT2D eigenvalue weighted by Crippen LogP contribution is 2.25. The molecule has 1 aliphatic rings. The molecule has 4 heteroatoms. The summed E-state index contributed by atoms with van der Waals surface area (Å²) >= 11 is 0. The van der Waals surface area contributed by atoms with Crippen LogP contribution in [0.25, 0.3) is 0 Å². The van der Waals surface area contributed by atoms with Gasteiger partial charge in [0.15, 0.2) is 0 Å². The minimum Gasteiger partial charge on any atom is -0.496 e. The Morgan fingerprint density at radius 2 is 2.20 bits per heavy atom. The minimum atomic E-state index is -0.0366. The highest BCUT2D eigenvalue weighted by molar-refractivity contribution is 5.35. The molecule has 0 aromatic heterocycles. The first-order valence-electron chi connectivity index (χ1n) is 7.39. The zero-order valence-electron chi connectivity index (χ0n) is 12.7. The second-order valence-corrected chi connectivity index (χ2v) is 5.51. The van der Waals surface area contributed by atoms with Crippen molar-refractivity contribution in [3.8, 4) is 5.75 Å². The number of hydrogen-bond donors (Lipinski definition) is 1. The average Bonchev–Trinajstić information content (AvgIpc) is 2.47. The molecule has 1 aliphatic heterocycles. The van der Waals surface area contributed by atoms with E-state index in [-0.39, 0.29) is 12.1 Å². The van der Waals surface area contributed by atoms with Crippen LogP contribution in [0.5, 0.6) is 5.75 Å². The van der Waals surface area contributed by atoms with Crippen molar-refractivity contribution < 1.29 is 9.47 Å². The Hall–Kier alpha value is -1.10. The van der Waals surface area contributed by atoms with Gasteiger partial charge in [0.25, 0.3) is 0 Å². The number of para-hydroxylation sites is 1. The second kappa shape index (κ2) is 7.07. The Morgan fingerprint density at radius 3 is 2.90 bits per heavy atom. The highest BCUT2D eigenvalue weighted by atomic mass is 16.5. The molecule has 20 heavy (non-hydrogen) atoms. The molecule has 112 valence electrons. The largest absolute Gasteiger partial charge is 0.496 e. The first-order valence-corrected chi connectivity index (χ1v) is 7.39. The normalized spacial score (nSPS) is 25.4. The Morgan fingerprint density at radius 1 is 1.45 bits per heavy atom. The molecule has 0 amide bonds. The summed E-state index contributed by atoms with van der Waals surface area (Å²) in [4.78, 5) is 2.45. The molecule has 3 atom stereocenters. The monoisotopic (exact) mass is 278 g/mol. The van der Waals surface area contributed by atoms with Gasteiger partial charge in [-0.3, -0.25) is 4.90 Å². The van der Waals surface area contributed by atoms with Crippen LogP contribution in [0.15, 0.2) is 24.3 Å². The molecule has 0 bridgehead atoms. The van der Waals surface area contributed by atoms with Crippen LogP contribution in [-0.4, -0.2) is 43.9 Å². The standard InChI is InChI=1S/C16H26N2O2/c1-4-13-11-20-12(2)9-18(13)10-15(17)14-7-5-6-8-16(14)19-3/h5-8,12-13,15H,4,9-11,17H2,1-3H3. The van der Waals surface area contributed by atoms with Gasteiger partial charge in [0.1, 0.15) is 5.75 Å². The van der Waals surface area contributed by atoms with E-state index >= 15 is 0 Å². The summed E-state index contributed by atoms with van der Waals surface area (Å²) in [5, 5.41) is 0. The van der Waals surface area contributed by atoms with Gasteiger partial charge in [-0.1, -0.05) is 25.1 Å². The zero-order valence-corrected chi connectivity index (χ0v) is 12.7. The number of nitrogens with two attached hydrogens (primary N) is 1. The molecule has 1 heterocycles. The van der Waals surface area contributed by atoms with E-state index in [1.807, 2.05) is 24.3 Å². The fourth-order valence-electron chi connectivity index (χ4n) is 2.84. The van der Waals surface area contributed by atoms with Crippen LogP contribution in [0.4, 0.5) is 0 Å². The SMILES string of the molecule is CCC1COC(C)CN1CC(N)c1ccccc1OC. The van der Waals surface area contributed by atoms with E-state index < -0.39 is 0 Å². The summed E-state index contributed by atoms with van der Waals surface area (Å²) in [5.74, 6) is 0.870. The maximum absolute atomic E-state index is 6.40. The van der Waals surface area contributed by atoms with Crippen molar-refractivity contribution in [1.29, 1.82) is 0 Å². The maximum atomic E-state index is 6.40. The smallest absolute Gasteiger partial charge is 0.123 e. The van der Waals surface area contributed by atoms with Crippen LogP contribution < -0.4 is 10.5 Å². The van der Waals surface area contributed by atoms with Crippen LogP contribution in [-0.2, 0) is 4.74 Å². The molecule has 1 fully saturated rings. The molecular weight excluding hydrogens is 252 g/mol. The summed E-state index contributed by atoms with van der Waals surface area (Å²) in [6, 6.07) is 8.43. The van der Waals surface area contributed by atoms with Crippen LogP contribution in [0, 0.1) is 0 Å². The summed E-state index contributed by atoms with van der Waals surface area (Å²) in [6.45, 7) is 6.91. The Labute approximate surface area is 121 Å². The van der Waals surface area contributed by atoms with Gasteiger partial charge >= 0.3 is 0 Å². The number of morpholine rings is 1. The van der Waals surface area contributed by atoms with Gasteiger partial charge in [0, 0.05) is 30.7 Å². The predicted molar refractivity (Wildman–Crippen MR) is 81.0 cm³/mol. The molecule has 1 saturated heterocycles. The fraction of sp³-hybridized carbons (Fsp3) is 0.625. The van der Waals surface area contributed by atoms with Crippen molar-refractivity contribution in [2.45, 2.75) is 38.5 Å².